The molecule has 1 heterocycles. The molecule has 96 valence electrons. The summed E-state index contributed by atoms with van der Waals surface area (Å²) in [4.78, 5) is 6.63. The number of pyridine rings is 1. The Morgan fingerprint density at radius 1 is 1.47 bits per heavy atom. The van der Waals surface area contributed by atoms with Crippen molar-refractivity contribution in [1.29, 1.82) is 0 Å². The second-order valence-electron chi connectivity index (χ2n) is 4.25. The highest BCUT2D eigenvalue weighted by atomic mass is 16.5. The van der Waals surface area contributed by atoms with Gasteiger partial charge < -0.3 is 14.7 Å². The molecule has 1 N–H and O–H groups in total. The van der Waals surface area contributed by atoms with Crippen molar-refractivity contribution >= 4 is 5.82 Å². The van der Waals surface area contributed by atoms with Crippen LogP contribution in [-0.2, 0) is 17.8 Å². The second-order valence-corrected chi connectivity index (χ2v) is 4.25. The van der Waals surface area contributed by atoms with Crippen LogP contribution in [0.25, 0.3) is 0 Å². The zero-order chi connectivity index (χ0) is 12.8. The molecule has 0 radical (unpaired) electrons. The zero-order valence-electron chi connectivity index (χ0n) is 11.1. The molecule has 0 aliphatic carbocycles. The van der Waals surface area contributed by atoms with Gasteiger partial charge in [0, 0.05) is 19.9 Å². The standard InChI is InChI=1S/C13H22N2O2/c1-5-12-6-11(8-16)7-13(14-12)15(3)10(2)9-17-4/h6-7,10,16H,5,8-9H2,1-4H3. The minimum atomic E-state index is 0.0506. The molecule has 4 nitrogen and oxygen atoms in total. The SMILES string of the molecule is CCc1cc(CO)cc(N(C)C(C)COC)n1. The number of methoxy groups -OCH3 is 1. The fourth-order valence-electron chi connectivity index (χ4n) is 1.67. The molecule has 0 aromatic carbocycles. The van der Waals surface area contributed by atoms with Crippen molar-refractivity contribution in [2.45, 2.75) is 32.9 Å². The van der Waals surface area contributed by atoms with Gasteiger partial charge in [-0.25, -0.2) is 4.98 Å². The van der Waals surface area contributed by atoms with Crippen molar-refractivity contribution in [3.8, 4) is 0 Å². The van der Waals surface area contributed by atoms with Crippen molar-refractivity contribution in [3.05, 3.63) is 23.4 Å². The number of likely N-dealkylation sites (N-methyl/N-ethyl adjacent to an activating group) is 1. The molecule has 1 aromatic rings. The highest BCUT2D eigenvalue weighted by Crippen LogP contribution is 2.16. The number of anilines is 1. The number of aromatic nitrogens is 1. The lowest BCUT2D eigenvalue weighted by molar-refractivity contribution is 0.183. The van der Waals surface area contributed by atoms with E-state index in [9.17, 15) is 5.11 Å². The Hall–Kier alpha value is -1.13. The number of hydrogen-bond acceptors (Lipinski definition) is 4. The summed E-state index contributed by atoms with van der Waals surface area (Å²) in [6.45, 7) is 4.85. The van der Waals surface area contributed by atoms with Crippen LogP contribution in [0.3, 0.4) is 0 Å². The van der Waals surface area contributed by atoms with Crippen molar-refractivity contribution in [1.82, 2.24) is 4.98 Å². The Labute approximate surface area is 103 Å². The number of aryl methyl sites for hydroxylation is 1. The van der Waals surface area contributed by atoms with Crippen LogP contribution in [0.15, 0.2) is 12.1 Å². The van der Waals surface area contributed by atoms with Crippen LogP contribution in [0.2, 0.25) is 0 Å². The van der Waals surface area contributed by atoms with Crippen molar-refractivity contribution in [3.63, 3.8) is 0 Å². The average Bonchev–Trinajstić information content (AvgIpc) is 2.37. The lowest BCUT2D eigenvalue weighted by Gasteiger charge is -2.26. The number of aliphatic hydroxyl groups excluding tert-OH is 1. The van der Waals surface area contributed by atoms with Crippen molar-refractivity contribution in [2.24, 2.45) is 0 Å². The van der Waals surface area contributed by atoms with Gasteiger partial charge in [-0.05, 0) is 31.0 Å². The lowest BCUT2D eigenvalue weighted by atomic mass is 10.2. The van der Waals surface area contributed by atoms with E-state index < -0.39 is 0 Å². The van der Waals surface area contributed by atoms with Crippen LogP contribution < -0.4 is 4.90 Å². The van der Waals surface area contributed by atoms with Gasteiger partial charge >= 0.3 is 0 Å². The van der Waals surface area contributed by atoms with Gasteiger partial charge in [-0.2, -0.15) is 0 Å². The van der Waals surface area contributed by atoms with E-state index in [1.165, 1.54) is 0 Å². The molecule has 0 spiro atoms. The number of aliphatic hydroxyl groups is 1. The largest absolute Gasteiger partial charge is 0.392 e. The summed E-state index contributed by atoms with van der Waals surface area (Å²) in [6.07, 6.45) is 0.868. The molecule has 0 bridgehead atoms. The Morgan fingerprint density at radius 3 is 2.71 bits per heavy atom. The first-order chi connectivity index (χ1) is 8.12. The third-order valence-corrected chi connectivity index (χ3v) is 2.90. The molecule has 0 saturated heterocycles. The van der Waals surface area contributed by atoms with E-state index in [2.05, 4.69) is 23.7 Å². The molecule has 17 heavy (non-hydrogen) atoms. The first-order valence-corrected chi connectivity index (χ1v) is 5.94. The summed E-state index contributed by atoms with van der Waals surface area (Å²) in [5, 5.41) is 9.23. The molecular formula is C13H22N2O2. The average molecular weight is 238 g/mol. The minimum absolute atomic E-state index is 0.0506. The molecule has 1 atom stereocenters. The van der Waals surface area contributed by atoms with Crippen LogP contribution in [0.5, 0.6) is 0 Å². The van der Waals surface area contributed by atoms with E-state index in [0.717, 1.165) is 23.5 Å². The topological polar surface area (TPSA) is 45.6 Å². The van der Waals surface area contributed by atoms with Gasteiger partial charge in [-0.3, -0.25) is 0 Å². The summed E-state index contributed by atoms with van der Waals surface area (Å²) >= 11 is 0. The third-order valence-electron chi connectivity index (χ3n) is 2.90. The number of nitrogens with zero attached hydrogens (tertiary/aromatic N) is 2. The number of rotatable bonds is 6. The van der Waals surface area contributed by atoms with E-state index in [-0.39, 0.29) is 12.6 Å². The molecule has 0 aliphatic heterocycles. The maximum Gasteiger partial charge on any atom is 0.129 e. The Kier molecular flexibility index (Phi) is 5.38. The van der Waals surface area contributed by atoms with Gasteiger partial charge in [0.25, 0.3) is 0 Å². The van der Waals surface area contributed by atoms with Gasteiger partial charge in [-0.1, -0.05) is 6.92 Å². The predicted molar refractivity (Wildman–Crippen MR) is 69.3 cm³/mol. The first kappa shape index (κ1) is 13.9. The molecule has 0 amide bonds. The van der Waals surface area contributed by atoms with Crippen molar-refractivity contribution < 1.29 is 9.84 Å². The third kappa shape index (κ3) is 3.68. The smallest absolute Gasteiger partial charge is 0.129 e. The van der Waals surface area contributed by atoms with E-state index in [0.29, 0.717) is 6.61 Å². The summed E-state index contributed by atoms with van der Waals surface area (Å²) in [5.41, 5.74) is 1.91. The quantitative estimate of drug-likeness (QED) is 0.818. The fraction of sp³-hybridized carbons (Fsp3) is 0.615. The van der Waals surface area contributed by atoms with Gasteiger partial charge in [0.15, 0.2) is 0 Å². The Morgan fingerprint density at radius 2 is 2.18 bits per heavy atom. The highest BCUT2D eigenvalue weighted by molar-refractivity contribution is 5.42. The van der Waals surface area contributed by atoms with Crippen LogP contribution in [-0.4, -0.2) is 36.9 Å². The minimum Gasteiger partial charge on any atom is -0.392 e. The highest BCUT2D eigenvalue weighted by Gasteiger charge is 2.12. The summed E-state index contributed by atoms with van der Waals surface area (Å²) in [5.74, 6) is 0.887. The maximum atomic E-state index is 9.23. The molecule has 1 unspecified atom stereocenters. The van der Waals surface area contributed by atoms with E-state index in [4.69, 9.17) is 4.74 Å². The van der Waals surface area contributed by atoms with E-state index >= 15 is 0 Å². The van der Waals surface area contributed by atoms with Crippen LogP contribution in [0, 0.1) is 0 Å². The maximum absolute atomic E-state index is 9.23. The van der Waals surface area contributed by atoms with E-state index in [1.54, 1.807) is 7.11 Å². The molecule has 0 aliphatic rings. The van der Waals surface area contributed by atoms with Gasteiger partial charge in [-0.15, -0.1) is 0 Å². The fourth-order valence-corrected chi connectivity index (χ4v) is 1.67. The Bertz CT molecular complexity index is 333. The second kappa shape index (κ2) is 6.57. The van der Waals surface area contributed by atoms with E-state index in [1.807, 2.05) is 19.2 Å². The molecule has 4 heteroatoms. The number of ether oxygens (including phenoxy) is 1. The Balaban J connectivity index is 2.95. The van der Waals surface area contributed by atoms with Gasteiger partial charge in [0.05, 0.1) is 19.3 Å². The molecule has 1 rings (SSSR count). The van der Waals surface area contributed by atoms with Crippen LogP contribution in [0.1, 0.15) is 25.1 Å². The zero-order valence-corrected chi connectivity index (χ0v) is 11.1. The molecular weight excluding hydrogens is 216 g/mol. The van der Waals surface area contributed by atoms with Crippen molar-refractivity contribution in [2.75, 3.05) is 25.7 Å². The molecule has 1 aromatic heterocycles. The van der Waals surface area contributed by atoms with Gasteiger partial charge in [0.2, 0.25) is 0 Å². The lowest BCUT2D eigenvalue weighted by Crippen LogP contribution is -2.33. The van der Waals surface area contributed by atoms with Crippen LogP contribution in [0.4, 0.5) is 5.82 Å². The molecule has 0 fully saturated rings. The van der Waals surface area contributed by atoms with Gasteiger partial charge in [0.1, 0.15) is 5.82 Å². The predicted octanol–water partition coefficient (Wildman–Crippen LogP) is 1.61. The first-order valence-electron chi connectivity index (χ1n) is 5.94. The molecule has 0 saturated carbocycles. The number of hydrogen-bond donors (Lipinski definition) is 1. The monoisotopic (exact) mass is 238 g/mol. The summed E-state index contributed by atoms with van der Waals surface area (Å²) < 4.78 is 5.14. The summed E-state index contributed by atoms with van der Waals surface area (Å²) in [7, 11) is 3.69. The normalized spacial score (nSPS) is 12.5. The van der Waals surface area contributed by atoms with Crippen LogP contribution >= 0.6 is 0 Å². The summed E-state index contributed by atoms with van der Waals surface area (Å²) in [6, 6.07) is 4.12.